The van der Waals surface area contributed by atoms with Crippen molar-refractivity contribution in [2.45, 2.75) is 32.9 Å². The van der Waals surface area contributed by atoms with Crippen LogP contribution in [0.2, 0.25) is 0 Å². The molecular formula is C14H21F2NO2. The average molecular weight is 273 g/mol. The molecule has 0 aliphatic heterocycles. The molecule has 2 N–H and O–H groups in total. The molecule has 0 aliphatic carbocycles. The molecule has 0 amide bonds. The zero-order valence-electron chi connectivity index (χ0n) is 11.5. The van der Waals surface area contributed by atoms with Crippen molar-refractivity contribution in [3.05, 3.63) is 29.8 Å². The molecule has 0 heterocycles. The molecule has 0 saturated carbocycles. The molecule has 0 fully saturated rings. The topological polar surface area (TPSA) is 41.5 Å². The zero-order chi connectivity index (χ0) is 14.5. The summed E-state index contributed by atoms with van der Waals surface area (Å²) < 4.78 is 28.8. The minimum atomic E-state index is -2.85. The average Bonchev–Trinajstić information content (AvgIpc) is 2.35. The molecular weight excluding hydrogens is 252 g/mol. The highest BCUT2D eigenvalue weighted by Gasteiger charge is 2.26. The van der Waals surface area contributed by atoms with Crippen LogP contribution in [0.25, 0.3) is 0 Å². The lowest BCUT2D eigenvalue weighted by Crippen LogP contribution is -2.44. The number of benzene rings is 1. The van der Waals surface area contributed by atoms with Crippen LogP contribution in [-0.4, -0.2) is 24.9 Å². The van der Waals surface area contributed by atoms with Crippen molar-refractivity contribution >= 4 is 0 Å². The maximum absolute atomic E-state index is 12.2. The Morgan fingerprint density at radius 1 is 1.37 bits per heavy atom. The number of nitrogens with one attached hydrogen (secondary N) is 1. The van der Waals surface area contributed by atoms with Gasteiger partial charge in [-0.25, -0.2) is 0 Å². The van der Waals surface area contributed by atoms with E-state index in [-0.39, 0.29) is 12.4 Å². The van der Waals surface area contributed by atoms with Crippen molar-refractivity contribution in [1.29, 1.82) is 0 Å². The Bertz CT molecular complexity index is 399. The smallest absolute Gasteiger partial charge is 0.387 e. The zero-order valence-corrected chi connectivity index (χ0v) is 11.5. The van der Waals surface area contributed by atoms with E-state index in [0.29, 0.717) is 11.5 Å². The highest BCUT2D eigenvalue weighted by Crippen LogP contribution is 2.25. The van der Waals surface area contributed by atoms with Gasteiger partial charge in [0.2, 0.25) is 0 Å². The van der Waals surface area contributed by atoms with Crippen molar-refractivity contribution < 1.29 is 18.6 Å². The van der Waals surface area contributed by atoms with Gasteiger partial charge in [0.25, 0.3) is 0 Å². The van der Waals surface area contributed by atoms with Crippen LogP contribution in [0.3, 0.4) is 0 Å². The maximum Gasteiger partial charge on any atom is 0.387 e. The SMILES string of the molecule is CC(C)CNC(C)(CO)c1cccc(OC(F)F)c1. The summed E-state index contributed by atoms with van der Waals surface area (Å²) in [4.78, 5) is 0. The Morgan fingerprint density at radius 2 is 2.05 bits per heavy atom. The molecule has 0 aromatic heterocycles. The van der Waals surface area contributed by atoms with Crippen molar-refractivity contribution in [3.63, 3.8) is 0 Å². The third kappa shape index (κ3) is 4.76. The number of hydrogen-bond acceptors (Lipinski definition) is 3. The van der Waals surface area contributed by atoms with Crippen LogP contribution in [0.15, 0.2) is 24.3 Å². The normalized spacial score (nSPS) is 14.7. The van der Waals surface area contributed by atoms with E-state index < -0.39 is 12.2 Å². The first-order chi connectivity index (χ1) is 8.87. The quantitative estimate of drug-likeness (QED) is 0.802. The molecule has 1 aromatic carbocycles. The molecule has 1 atom stereocenters. The van der Waals surface area contributed by atoms with E-state index in [1.807, 2.05) is 6.92 Å². The second kappa shape index (κ2) is 6.82. The lowest BCUT2D eigenvalue weighted by molar-refractivity contribution is -0.0499. The minimum Gasteiger partial charge on any atom is -0.435 e. The molecule has 1 aromatic rings. The fourth-order valence-electron chi connectivity index (χ4n) is 1.69. The van der Waals surface area contributed by atoms with E-state index in [1.165, 1.54) is 12.1 Å². The molecule has 3 nitrogen and oxygen atoms in total. The van der Waals surface area contributed by atoms with Gasteiger partial charge in [-0.1, -0.05) is 26.0 Å². The summed E-state index contributed by atoms with van der Waals surface area (Å²) in [6, 6.07) is 6.41. The van der Waals surface area contributed by atoms with Gasteiger partial charge in [-0.15, -0.1) is 0 Å². The van der Waals surface area contributed by atoms with E-state index in [9.17, 15) is 13.9 Å². The second-order valence-electron chi connectivity index (χ2n) is 5.17. The summed E-state index contributed by atoms with van der Waals surface area (Å²) in [5, 5.41) is 12.8. The van der Waals surface area contributed by atoms with Crippen LogP contribution in [0.4, 0.5) is 8.78 Å². The molecule has 1 unspecified atom stereocenters. The third-order valence-electron chi connectivity index (χ3n) is 2.91. The molecule has 19 heavy (non-hydrogen) atoms. The lowest BCUT2D eigenvalue weighted by atomic mass is 9.92. The summed E-state index contributed by atoms with van der Waals surface area (Å²) in [7, 11) is 0. The van der Waals surface area contributed by atoms with Gasteiger partial charge in [0, 0.05) is 0 Å². The Balaban J connectivity index is 2.90. The number of aliphatic hydroxyl groups is 1. The molecule has 0 aliphatic rings. The van der Waals surface area contributed by atoms with Gasteiger partial charge in [-0.05, 0) is 37.1 Å². The first-order valence-electron chi connectivity index (χ1n) is 6.28. The predicted molar refractivity (Wildman–Crippen MR) is 70.4 cm³/mol. The van der Waals surface area contributed by atoms with Gasteiger partial charge in [-0.3, -0.25) is 0 Å². The summed E-state index contributed by atoms with van der Waals surface area (Å²) in [5.74, 6) is 0.518. The first kappa shape index (κ1) is 15.9. The largest absolute Gasteiger partial charge is 0.435 e. The van der Waals surface area contributed by atoms with Crippen LogP contribution in [-0.2, 0) is 5.54 Å². The summed E-state index contributed by atoms with van der Waals surface area (Å²) in [6.45, 7) is 3.69. The standard InChI is InChI=1S/C14H21F2NO2/c1-10(2)8-17-14(3,9-18)11-5-4-6-12(7-11)19-13(15)16/h4-7,10,13,17-18H,8-9H2,1-3H3. The van der Waals surface area contributed by atoms with E-state index >= 15 is 0 Å². The van der Waals surface area contributed by atoms with E-state index in [1.54, 1.807) is 12.1 Å². The number of alkyl halides is 2. The molecule has 0 bridgehead atoms. The Morgan fingerprint density at radius 3 is 2.58 bits per heavy atom. The number of hydrogen-bond donors (Lipinski definition) is 2. The molecule has 0 radical (unpaired) electrons. The monoisotopic (exact) mass is 273 g/mol. The highest BCUT2D eigenvalue weighted by atomic mass is 19.3. The fraction of sp³-hybridized carbons (Fsp3) is 0.571. The third-order valence-corrected chi connectivity index (χ3v) is 2.91. The number of ether oxygens (including phenoxy) is 1. The number of halogens is 2. The Hall–Kier alpha value is -1.20. The van der Waals surface area contributed by atoms with Gasteiger partial charge in [0.1, 0.15) is 5.75 Å². The number of aliphatic hydroxyl groups excluding tert-OH is 1. The van der Waals surface area contributed by atoms with Crippen LogP contribution < -0.4 is 10.1 Å². The second-order valence-corrected chi connectivity index (χ2v) is 5.17. The van der Waals surface area contributed by atoms with Gasteiger partial charge >= 0.3 is 6.61 Å². The molecule has 0 spiro atoms. The Kier molecular flexibility index (Phi) is 5.69. The van der Waals surface area contributed by atoms with Crippen LogP contribution in [0.1, 0.15) is 26.3 Å². The maximum atomic E-state index is 12.2. The van der Waals surface area contributed by atoms with E-state index in [2.05, 4.69) is 23.9 Å². The van der Waals surface area contributed by atoms with E-state index in [4.69, 9.17) is 0 Å². The van der Waals surface area contributed by atoms with Crippen LogP contribution in [0, 0.1) is 5.92 Å². The van der Waals surface area contributed by atoms with Gasteiger partial charge < -0.3 is 15.2 Å². The fourth-order valence-corrected chi connectivity index (χ4v) is 1.69. The van der Waals surface area contributed by atoms with Crippen LogP contribution >= 0.6 is 0 Å². The molecule has 108 valence electrons. The van der Waals surface area contributed by atoms with Gasteiger partial charge in [0.05, 0.1) is 12.1 Å². The van der Waals surface area contributed by atoms with Gasteiger partial charge in [0.15, 0.2) is 0 Å². The van der Waals surface area contributed by atoms with Crippen molar-refractivity contribution in [1.82, 2.24) is 5.32 Å². The van der Waals surface area contributed by atoms with E-state index in [0.717, 1.165) is 6.54 Å². The predicted octanol–water partition coefficient (Wildman–Crippen LogP) is 2.74. The van der Waals surface area contributed by atoms with Crippen molar-refractivity contribution in [3.8, 4) is 5.75 Å². The molecule has 1 rings (SSSR count). The van der Waals surface area contributed by atoms with Gasteiger partial charge in [-0.2, -0.15) is 8.78 Å². The summed E-state index contributed by atoms with van der Waals surface area (Å²) in [5.41, 5.74) is 0.0416. The molecule has 5 heteroatoms. The van der Waals surface area contributed by atoms with Crippen molar-refractivity contribution in [2.24, 2.45) is 5.92 Å². The summed E-state index contributed by atoms with van der Waals surface area (Å²) in [6.07, 6.45) is 0. The Labute approximate surface area is 112 Å². The first-order valence-corrected chi connectivity index (χ1v) is 6.28. The molecule has 0 saturated heterocycles. The minimum absolute atomic E-state index is 0.0959. The summed E-state index contributed by atoms with van der Waals surface area (Å²) >= 11 is 0. The highest BCUT2D eigenvalue weighted by molar-refractivity contribution is 5.33. The van der Waals surface area contributed by atoms with Crippen LogP contribution in [0.5, 0.6) is 5.75 Å². The number of rotatable bonds is 7. The lowest BCUT2D eigenvalue weighted by Gasteiger charge is -2.30. The van der Waals surface area contributed by atoms with Crippen molar-refractivity contribution in [2.75, 3.05) is 13.2 Å².